The Morgan fingerprint density at radius 3 is 2.11 bits per heavy atom. The number of carbonyl (C=O) groups excluding carboxylic acids is 2. The van der Waals surface area contributed by atoms with Crippen molar-refractivity contribution in [1.82, 2.24) is 10.2 Å². The van der Waals surface area contributed by atoms with E-state index < -0.39 is 28.5 Å². The first kappa shape index (κ1) is 33.8. The van der Waals surface area contributed by atoms with Crippen molar-refractivity contribution >= 4 is 50.7 Å². The van der Waals surface area contributed by atoms with Crippen molar-refractivity contribution in [2.45, 2.75) is 37.8 Å². The van der Waals surface area contributed by atoms with Gasteiger partial charge < -0.3 is 15.0 Å². The van der Waals surface area contributed by atoms with E-state index in [-0.39, 0.29) is 29.5 Å². The fraction of sp³-hybridized carbons (Fsp3) is 0.235. The Hall–Kier alpha value is -4.05. The van der Waals surface area contributed by atoms with Gasteiger partial charge in [0.2, 0.25) is 11.8 Å². The highest BCUT2D eigenvalue weighted by Crippen LogP contribution is 2.28. The number of sulfonamides is 1. The van der Waals surface area contributed by atoms with Gasteiger partial charge in [-0.1, -0.05) is 77.8 Å². The molecular weight excluding hydrogens is 633 g/mol. The van der Waals surface area contributed by atoms with E-state index >= 15 is 0 Å². The number of halogens is 2. The predicted octanol–water partition coefficient (Wildman–Crippen LogP) is 6.36. The van der Waals surface area contributed by atoms with Gasteiger partial charge in [-0.05, 0) is 73.5 Å². The number of carbonyl (C=O) groups is 2. The van der Waals surface area contributed by atoms with Crippen LogP contribution >= 0.6 is 23.2 Å². The van der Waals surface area contributed by atoms with Crippen LogP contribution in [0.25, 0.3) is 0 Å². The molecule has 0 fully saturated rings. The Balaban J connectivity index is 1.80. The van der Waals surface area contributed by atoms with Crippen LogP contribution in [0.4, 0.5) is 5.69 Å². The standard InChI is InChI=1S/C34H35Cl2N3O5S/c1-3-37-34(41)32(21-25-11-7-5-8-12-25)38(23-26-15-16-27(35)22-31(26)36)33(40)24-39(28-17-19-29(20-18-28)44-4-2)45(42,43)30-13-9-6-10-14-30/h5-20,22,32H,3-4,21,23-24H2,1-2H3,(H,37,41)/t32-/m0/s1. The lowest BCUT2D eigenvalue weighted by Gasteiger charge is -2.34. The van der Waals surface area contributed by atoms with Crippen molar-refractivity contribution < 1.29 is 22.7 Å². The fourth-order valence-electron chi connectivity index (χ4n) is 4.80. The maximum absolute atomic E-state index is 14.4. The molecule has 2 amide bonds. The van der Waals surface area contributed by atoms with Gasteiger partial charge in [0.15, 0.2) is 0 Å². The summed E-state index contributed by atoms with van der Waals surface area (Å²) < 4.78 is 34.7. The molecule has 11 heteroatoms. The smallest absolute Gasteiger partial charge is 0.264 e. The van der Waals surface area contributed by atoms with Crippen LogP contribution in [0, 0.1) is 0 Å². The number of rotatable bonds is 14. The number of ether oxygens (including phenoxy) is 1. The minimum absolute atomic E-state index is 0.0172. The normalized spacial score (nSPS) is 11.8. The highest BCUT2D eigenvalue weighted by Gasteiger charge is 2.34. The molecular formula is C34H35Cl2N3O5S. The second-order valence-electron chi connectivity index (χ2n) is 10.1. The molecule has 0 saturated heterocycles. The number of hydrogen-bond donors (Lipinski definition) is 1. The third-order valence-corrected chi connectivity index (χ3v) is 9.40. The van der Waals surface area contributed by atoms with Crippen LogP contribution in [-0.2, 0) is 32.6 Å². The average Bonchev–Trinajstić information content (AvgIpc) is 3.04. The Morgan fingerprint density at radius 1 is 0.867 bits per heavy atom. The van der Waals surface area contributed by atoms with Crippen LogP contribution in [0.15, 0.2) is 108 Å². The van der Waals surface area contributed by atoms with Crippen molar-refractivity contribution in [3.8, 4) is 5.75 Å². The van der Waals surface area contributed by atoms with Gasteiger partial charge in [0.1, 0.15) is 18.3 Å². The van der Waals surface area contributed by atoms with Crippen LogP contribution in [0.2, 0.25) is 10.0 Å². The molecule has 0 aliphatic rings. The van der Waals surface area contributed by atoms with Gasteiger partial charge in [-0.2, -0.15) is 0 Å². The number of nitrogens with one attached hydrogen (secondary N) is 1. The number of likely N-dealkylation sites (N-methyl/N-ethyl adjacent to an activating group) is 1. The van der Waals surface area contributed by atoms with E-state index in [1.165, 1.54) is 17.0 Å². The van der Waals surface area contributed by atoms with E-state index in [0.717, 1.165) is 9.87 Å². The minimum atomic E-state index is -4.21. The van der Waals surface area contributed by atoms with E-state index in [9.17, 15) is 18.0 Å². The average molecular weight is 669 g/mol. The molecule has 0 unspecified atom stereocenters. The van der Waals surface area contributed by atoms with Crippen LogP contribution in [-0.4, -0.2) is 50.9 Å². The minimum Gasteiger partial charge on any atom is -0.494 e. The zero-order valence-electron chi connectivity index (χ0n) is 25.0. The third kappa shape index (κ3) is 8.78. The summed E-state index contributed by atoms with van der Waals surface area (Å²) in [5.41, 5.74) is 1.64. The van der Waals surface area contributed by atoms with Gasteiger partial charge in [-0.3, -0.25) is 13.9 Å². The van der Waals surface area contributed by atoms with E-state index in [0.29, 0.717) is 34.5 Å². The summed E-state index contributed by atoms with van der Waals surface area (Å²) in [5.74, 6) is -0.414. The van der Waals surface area contributed by atoms with Gasteiger partial charge in [0.25, 0.3) is 10.0 Å². The summed E-state index contributed by atoms with van der Waals surface area (Å²) in [7, 11) is -4.21. The van der Waals surface area contributed by atoms with Crippen molar-refractivity contribution in [1.29, 1.82) is 0 Å². The summed E-state index contributed by atoms with van der Waals surface area (Å²) in [6, 6.07) is 27.6. The highest BCUT2D eigenvalue weighted by molar-refractivity contribution is 7.92. The maximum atomic E-state index is 14.4. The van der Waals surface area contributed by atoms with Crippen molar-refractivity contribution in [3.63, 3.8) is 0 Å². The predicted molar refractivity (Wildman–Crippen MR) is 178 cm³/mol. The first-order valence-electron chi connectivity index (χ1n) is 14.5. The quantitative estimate of drug-likeness (QED) is 0.169. The molecule has 8 nitrogen and oxygen atoms in total. The molecule has 4 rings (SSSR count). The molecule has 1 N–H and O–H groups in total. The number of amides is 2. The fourth-order valence-corrected chi connectivity index (χ4v) is 6.71. The van der Waals surface area contributed by atoms with Crippen LogP contribution in [0.3, 0.4) is 0 Å². The molecule has 0 aromatic heterocycles. The topological polar surface area (TPSA) is 96.0 Å². The first-order valence-corrected chi connectivity index (χ1v) is 16.7. The molecule has 0 spiro atoms. The summed E-state index contributed by atoms with van der Waals surface area (Å²) in [6.07, 6.45) is 0.193. The summed E-state index contributed by atoms with van der Waals surface area (Å²) in [6.45, 7) is 3.77. The molecule has 0 radical (unpaired) electrons. The molecule has 4 aromatic rings. The molecule has 0 saturated carbocycles. The van der Waals surface area contributed by atoms with Crippen molar-refractivity contribution in [2.24, 2.45) is 0 Å². The Bertz CT molecular complexity index is 1690. The second kappa shape index (κ2) is 15.8. The van der Waals surface area contributed by atoms with E-state index in [4.69, 9.17) is 27.9 Å². The van der Waals surface area contributed by atoms with Crippen molar-refractivity contribution in [2.75, 3.05) is 24.0 Å². The van der Waals surface area contributed by atoms with Crippen molar-refractivity contribution in [3.05, 3.63) is 124 Å². The third-order valence-electron chi connectivity index (χ3n) is 7.02. The van der Waals surface area contributed by atoms with E-state index in [1.807, 2.05) is 37.3 Å². The van der Waals surface area contributed by atoms with Crippen LogP contribution < -0.4 is 14.4 Å². The van der Waals surface area contributed by atoms with Crippen LogP contribution in [0.5, 0.6) is 5.75 Å². The lowest BCUT2D eigenvalue weighted by atomic mass is 10.0. The molecule has 0 heterocycles. The highest BCUT2D eigenvalue weighted by atomic mass is 35.5. The lowest BCUT2D eigenvalue weighted by Crippen LogP contribution is -2.53. The summed E-state index contributed by atoms with van der Waals surface area (Å²) >= 11 is 12.7. The Morgan fingerprint density at radius 2 is 1.51 bits per heavy atom. The Kier molecular flexibility index (Phi) is 11.9. The SMILES string of the molecule is CCNC(=O)[C@H](Cc1ccccc1)N(Cc1ccc(Cl)cc1Cl)C(=O)CN(c1ccc(OCC)cc1)S(=O)(=O)c1ccccc1. The van der Waals surface area contributed by atoms with Gasteiger partial charge in [0, 0.05) is 29.6 Å². The number of benzene rings is 4. The molecule has 0 aliphatic heterocycles. The van der Waals surface area contributed by atoms with Gasteiger partial charge >= 0.3 is 0 Å². The zero-order valence-corrected chi connectivity index (χ0v) is 27.4. The molecule has 1 atom stereocenters. The number of anilines is 1. The number of hydrogen-bond acceptors (Lipinski definition) is 5. The molecule has 4 aromatic carbocycles. The van der Waals surface area contributed by atoms with E-state index in [1.54, 1.807) is 67.6 Å². The molecule has 236 valence electrons. The zero-order chi connectivity index (χ0) is 32.4. The first-order chi connectivity index (χ1) is 21.6. The summed E-state index contributed by atoms with van der Waals surface area (Å²) in [4.78, 5) is 29.4. The largest absolute Gasteiger partial charge is 0.494 e. The maximum Gasteiger partial charge on any atom is 0.264 e. The monoisotopic (exact) mass is 667 g/mol. The summed E-state index contributed by atoms with van der Waals surface area (Å²) in [5, 5.41) is 3.57. The van der Waals surface area contributed by atoms with E-state index in [2.05, 4.69) is 5.32 Å². The van der Waals surface area contributed by atoms with Gasteiger partial charge in [-0.15, -0.1) is 0 Å². The molecule has 0 aliphatic carbocycles. The van der Waals surface area contributed by atoms with Gasteiger partial charge in [-0.25, -0.2) is 8.42 Å². The lowest BCUT2D eigenvalue weighted by molar-refractivity contribution is -0.140. The molecule has 45 heavy (non-hydrogen) atoms. The van der Waals surface area contributed by atoms with Gasteiger partial charge in [0.05, 0.1) is 17.2 Å². The Labute approximate surface area is 274 Å². The molecule has 0 bridgehead atoms. The van der Waals surface area contributed by atoms with Crippen LogP contribution in [0.1, 0.15) is 25.0 Å². The second-order valence-corrected chi connectivity index (χ2v) is 12.8. The number of nitrogens with zero attached hydrogens (tertiary/aromatic N) is 2.